The molecule has 1 amide bonds. The molecule has 2 aromatic rings. The van der Waals surface area contributed by atoms with Crippen molar-refractivity contribution in [2.24, 2.45) is 11.8 Å². The molecule has 0 radical (unpaired) electrons. The second kappa shape index (κ2) is 9.80. The summed E-state index contributed by atoms with van der Waals surface area (Å²) in [7, 11) is 0. The van der Waals surface area contributed by atoms with E-state index in [9.17, 15) is 22.4 Å². The Labute approximate surface area is 178 Å². The van der Waals surface area contributed by atoms with Crippen LogP contribution in [0.15, 0.2) is 31.0 Å². The van der Waals surface area contributed by atoms with Crippen molar-refractivity contribution in [1.29, 1.82) is 0 Å². The number of carboxylic acids is 1. The lowest BCUT2D eigenvalue weighted by atomic mass is 9.93. The number of aromatic nitrogens is 4. The van der Waals surface area contributed by atoms with Gasteiger partial charge in [-0.1, -0.05) is 0 Å². The number of carbonyl (C=O) groups is 2. The van der Waals surface area contributed by atoms with Gasteiger partial charge in [-0.25, -0.2) is 24.1 Å². The Kier molecular flexibility index (Phi) is 7.12. The van der Waals surface area contributed by atoms with Gasteiger partial charge in [0.05, 0.1) is 31.3 Å². The highest BCUT2D eigenvalue weighted by Gasteiger charge is 2.44. The predicted molar refractivity (Wildman–Crippen MR) is 99.0 cm³/mol. The Morgan fingerprint density at radius 3 is 2.44 bits per heavy atom. The third kappa shape index (κ3) is 5.84. The summed E-state index contributed by atoms with van der Waals surface area (Å²) in [5.41, 5.74) is 0.297. The smallest absolute Gasteiger partial charge is 0.475 e. The lowest BCUT2D eigenvalue weighted by molar-refractivity contribution is -0.192. The van der Waals surface area contributed by atoms with E-state index in [1.165, 1.54) is 18.6 Å². The second-order valence-corrected chi connectivity index (χ2v) is 7.01. The number of alkyl halides is 3. The monoisotopic (exact) mass is 458 g/mol. The first kappa shape index (κ1) is 23.2. The standard InChI is InChI=1S/C16H17FN6O2.C2HF3O2/c17-11-4-21-16(22-5-11)23-7-12-10(9-25-14(12)8-23)3-20-15(24)13-6-18-1-2-19-13;3-2(4,5)1(6)7/h1-2,4-6,10,12,14H,3,7-9H2,(H,20,24);(H,6,7)/t10-,12-,14-;/m1./s1. The van der Waals surface area contributed by atoms with Gasteiger partial charge in [0.1, 0.15) is 5.69 Å². The maximum absolute atomic E-state index is 13.0. The number of aliphatic carboxylic acids is 1. The summed E-state index contributed by atoms with van der Waals surface area (Å²) in [6, 6.07) is 0. The quantitative estimate of drug-likeness (QED) is 0.642. The first-order valence-electron chi connectivity index (χ1n) is 9.33. The van der Waals surface area contributed by atoms with Crippen LogP contribution in [0.25, 0.3) is 0 Å². The average molecular weight is 458 g/mol. The normalized spacial score (nSPS) is 22.0. The average Bonchev–Trinajstić information content (AvgIpc) is 3.34. The van der Waals surface area contributed by atoms with Crippen molar-refractivity contribution in [1.82, 2.24) is 25.3 Å². The molecule has 0 unspecified atom stereocenters. The van der Waals surface area contributed by atoms with E-state index in [0.717, 1.165) is 18.9 Å². The number of amides is 1. The van der Waals surface area contributed by atoms with Gasteiger partial charge in [0.25, 0.3) is 5.91 Å². The molecule has 0 aromatic carbocycles. The van der Waals surface area contributed by atoms with Crippen molar-refractivity contribution < 1.29 is 37.0 Å². The number of carbonyl (C=O) groups excluding carboxylic acids is 1. The van der Waals surface area contributed by atoms with Crippen molar-refractivity contribution in [3.63, 3.8) is 0 Å². The zero-order chi connectivity index (χ0) is 23.3. The third-order valence-electron chi connectivity index (χ3n) is 4.89. The van der Waals surface area contributed by atoms with Crippen molar-refractivity contribution in [2.45, 2.75) is 12.3 Å². The summed E-state index contributed by atoms with van der Waals surface area (Å²) in [5.74, 6) is -2.47. The first-order valence-corrected chi connectivity index (χ1v) is 9.33. The van der Waals surface area contributed by atoms with Crippen molar-refractivity contribution in [2.75, 3.05) is 31.1 Å². The van der Waals surface area contributed by atoms with Gasteiger partial charge < -0.3 is 20.1 Å². The third-order valence-corrected chi connectivity index (χ3v) is 4.89. The van der Waals surface area contributed by atoms with Crippen LogP contribution < -0.4 is 10.2 Å². The Hall–Kier alpha value is -3.42. The molecule has 2 aliphatic heterocycles. The van der Waals surface area contributed by atoms with Gasteiger partial charge in [-0.15, -0.1) is 0 Å². The van der Waals surface area contributed by atoms with E-state index >= 15 is 0 Å². The lowest BCUT2D eigenvalue weighted by Crippen LogP contribution is -2.34. The van der Waals surface area contributed by atoms with Gasteiger partial charge in [-0.3, -0.25) is 9.78 Å². The van der Waals surface area contributed by atoms with Crippen LogP contribution in [0, 0.1) is 17.7 Å². The van der Waals surface area contributed by atoms with Crippen molar-refractivity contribution in [3.8, 4) is 0 Å². The van der Waals surface area contributed by atoms with Gasteiger partial charge in [-0.05, 0) is 0 Å². The maximum Gasteiger partial charge on any atom is 0.490 e. The predicted octanol–water partition coefficient (Wildman–Crippen LogP) is 0.920. The van der Waals surface area contributed by atoms with Crippen LogP contribution in [-0.4, -0.2) is 75.4 Å². The number of nitrogens with zero attached hydrogens (tertiary/aromatic N) is 5. The fraction of sp³-hybridized carbons (Fsp3) is 0.444. The number of ether oxygens (including phenoxy) is 1. The summed E-state index contributed by atoms with van der Waals surface area (Å²) < 4.78 is 50.6. The van der Waals surface area contributed by atoms with Crippen LogP contribution in [0.4, 0.5) is 23.5 Å². The summed E-state index contributed by atoms with van der Waals surface area (Å²) in [5, 5.41) is 10.0. The van der Waals surface area contributed by atoms with E-state index in [2.05, 4.69) is 25.3 Å². The number of halogens is 4. The molecule has 0 spiro atoms. The van der Waals surface area contributed by atoms with Crippen molar-refractivity contribution in [3.05, 3.63) is 42.5 Å². The molecule has 14 heteroatoms. The molecule has 0 bridgehead atoms. The second-order valence-electron chi connectivity index (χ2n) is 7.01. The van der Waals surface area contributed by atoms with E-state index in [4.69, 9.17) is 14.6 Å². The van der Waals surface area contributed by atoms with Crippen molar-refractivity contribution >= 4 is 17.8 Å². The number of hydrogen-bond donors (Lipinski definition) is 2. The minimum Gasteiger partial charge on any atom is -0.475 e. The van der Waals surface area contributed by atoms with E-state index in [1.54, 1.807) is 0 Å². The zero-order valence-corrected chi connectivity index (χ0v) is 16.4. The van der Waals surface area contributed by atoms with Crippen LogP contribution >= 0.6 is 0 Å². The largest absolute Gasteiger partial charge is 0.490 e. The molecule has 10 nitrogen and oxygen atoms in total. The van der Waals surface area contributed by atoms with E-state index in [1.807, 2.05) is 4.90 Å². The van der Waals surface area contributed by atoms with E-state index < -0.39 is 18.0 Å². The molecule has 2 aromatic heterocycles. The van der Waals surface area contributed by atoms with E-state index in [-0.39, 0.29) is 23.8 Å². The summed E-state index contributed by atoms with van der Waals surface area (Å²) in [6.07, 6.45) is 1.77. The highest BCUT2D eigenvalue weighted by atomic mass is 19.4. The Morgan fingerprint density at radius 1 is 1.16 bits per heavy atom. The minimum absolute atomic E-state index is 0.0760. The Bertz CT molecular complexity index is 931. The van der Waals surface area contributed by atoms with Crippen LogP contribution in [0.2, 0.25) is 0 Å². The highest BCUT2D eigenvalue weighted by Crippen LogP contribution is 2.34. The molecule has 4 rings (SSSR count). The fourth-order valence-corrected chi connectivity index (χ4v) is 3.37. The number of nitrogens with one attached hydrogen (secondary N) is 1. The van der Waals surface area contributed by atoms with Gasteiger partial charge in [-0.2, -0.15) is 13.2 Å². The minimum atomic E-state index is -5.08. The molecule has 172 valence electrons. The Morgan fingerprint density at radius 2 is 1.84 bits per heavy atom. The molecule has 2 aliphatic rings. The maximum atomic E-state index is 13.0. The molecule has 3 atom stereocenters. The van der Waals surface area contributed by atoms with E-state index in [0.29, 0.717) is 31.3 Å². The van der Waals surface area contributed by atoms with Crippen LogP contribution in [0.1, 0.15) is 10.5 Å². The van der Waals surface area contributed by atoms with Crippen LogP contribution in [0.3, 0.4) is 0 Å². The SMILES string of the molecule is O=C(NC[C@@H]1CO[C@@H]2CN(c3ncc(F)cn3)C[C@H]12)c1cnccn1.O=C(O)C(F)(F)F. The molecule has 0 aliphatic carbocycles. The molecule has 32 heavy (non-hydrogen) atoms. The first-order chi connectivity index (χ1) is 15.1. The molecule has 2 saturated heterocycles. The topological polar surface area (TPSA) is 130 Å². The highest BCUT2D eigenvalue weighted by molar-refractivity contribution is 5.91. The number of carboxylic acid groups (broad SMARTS) is 1. The van der Waals surface area contributed by atoms with Crippen LogP contribution in [-0.2, 0) is 9.53 Å². The fourth-order valence-electron chi connectivity index (χ4n) is 3.37. The molecular formula is C18H18F4N6O4. The lowest BCUT2D eigenvalue weighted by Gasteiger charge is -2.19. The van der Waals surface area contributed by atoms with Gasteiger partial charge >= 0.3 is 12.1 Å². The van der Waals surface area contributed by atoms with Gasteiger partial charge in [0.15, 0.2) is 5.82 Å². The number of hydrogen-bond acceptors (Lipinski definition) is 8. The summed E-state index contributed by atoms with van der Waals surface area (Å²) in [4.78, 5) is 38.9. The molecule has 0 saturated carbocycles. The molecule has 2 N–H and O–H groups in total. The molecule has 2 fully saturated rings. The summed E-state index contributed by atoms with van der Waals surface area (Å²) >= 11 is 0. The number of rotatable bonds is 4. The molecular weight excluding hydrogens is 440 g/mol. The van der Waals surface area contributed by atoms with Gasteiger partial charge in [0, 0.05) is 43.9 Å². The van der Waals surface area contributed by atoms with Gasteiger partial charge in [0.2, 0.25) is 5.95 Å². The molecule has 4 heterocycles. The zero-order valence-electron chi connectivity index (χ0n) is 16.4. The summed E-state index contributed by atoms with van der Waals surface area (Å²) in [6.45, 7) is 2.51. The number of fused-ring (bicyclic) bond motifs is 1. The number of anilines is 1. The Balaban J connectivity index is 0.000000360. The van der Waals surface area contributed by atoms with Crippen LogP contribution in [0.5, 0.6) is 0 Å².